The van der Waals surface area contributed by atoms with Gasteiger partial charge in [0.2, 0.25) is 0 Å². The van der Waals surface area contributed by atoms with E-state index in [0.717, 1.165) is 11.8 Å². The SMILES string of the molecule is NCc1ccc([C@H]2OC[C@H](O)[C@H](O)[C@H]2Nc2cncc(C(F)(F)F)n2)cc1. The first-order chi connectivity index (χ1) is 12.8. The van der Waals surface area contributed by atoms with Crippen molar-refractivity contribution in [1.82, 2.24) is 9.97 Å². The van der Waals surface area contributed by atoms with Gasteiger partial charge in [-0.05, 0) is 11.1 Å². The lowest BCUT2D eigenvalue weighted by Gasteiger charge is -2.39. The second-order valence-corrected chi connectivity index (χ2v) is 6.22. The molecule has 10 heteroatoms. The fraction of sp³-hybridized carbons (Fsp3) is 0.412. The zero-order valence-corrected chi connectivity index (χ0v) is 14.1. The summed E-state index contributed by atoms with van der Waals surface area (Å²) in [7, 11) is 0. The lowest BCUT2D eigenvalue weighted by molar-refractivity contribution is -0.141. The predicted octanol–water partition coefficient (Wildman–Crippen LogP) is 1.23. The normalized spacial score (nSPS) is 26.0. The highest BCUT2D eigenvalue weighted by atomic mass is 19.4. The Balaban J connectivity index is 1.88. The fourth-order valence-electron chi connectivity index (χ4n) is 2.87. The number of nitrogens with two attached hydrogens (primary N) is 1. The van der Waals surface area contributed by atoms with Crippen LogP contribution in [0.1, 0.15) is 22.9 Å². The molecule has 1 saturated heterocycles. The highest BCUT2D eigenvalue weighted by Gasteiger charge is 2.40. The van der Waals surface area contributed by atoms with Gasteiger partial charge in [0.05, 0.1) is 25.0 Å². The summed E-state index contributed by atoms with van der Waals surface area (Å²) in [5.41, 5.74) is 5.98. The second-order valence-electron chi connectivity index (χ2n) is 6.22. The Morgan fingerprint density at radius 3 is 2.52 bits per heavy atom. The molecule has 0 saturated carbocycles. The number of hydrogen-bond donors (Lipinski definition) is 4. The lowest BCUT2D eigenvalue weighted by atomic mass is 9.91. The van der Waals surface area contributed by atoms with Crippen molar-refractivity contribution >= 4 is 5.82 Å². The second kappa shape index (κ2) is 7.77. The van der Waals surface area contributed by atoms with Gasteiger partial charge in [-0.1, -0.05) is 24.3 Å². The standard InChI is InChI=1S/C17H19F3N4O3/c18-17(19,20)12-6-22-7-13(23-12)24-14-15(26)11(25)8-27-16(14)10-3-1-9(5-21)2-4-10/h1-4,6-7,11,14-16,25-26H,5,8,21H2,(H,23,24)/t11-,14+,15-,16+/m0/s1. The summed E-state index contributed by atoms with van der Waals surface area (Å²) in [6.45, 7) is 0.242. The third kappa shape index (κ3) is 4.35. The van der Waals surface area contributed by atoms with Crippen LogP contribution in [0, 0.1) is 0 Å². The Bertz CT molecular complexity index is 773. The van der Waals surface area contributed by atoms with E-state index in [1.165, 1.54) is 0 Å². The molecule has 27 heavy (non-hydrogen) atoms. The molecule has 2 aromatic rings. The Kier molecular flexibility index (Phi) is 5.61. The molecule has 0 bridgehead atoms. The third-order valence-electron chi connectivity index (χ3n) is 4.32. The first-order valence-corrected chi connectivity index (χ1v) is 8.22. The summed E-state index contributed by atoms with van der Waals surface area (Å²) in [6, 6.07) is 6.15. The van der Waals surface area contributed by atoms with Crippen LogP contribution >= 0.6 is 0 Å². The zero-order chi connectivity index (χ0) is 19.6. The summed E-state index contributed by atoms with van der Waals surface area (Å²) in [5, 5.41) is 23.0. The van der Waals surface area contributed by atoms with E-state index in [-0.39, 0.29) is 12.4 Å². The molecule has 1 aromatic carbocycles. The van der Waals surface area contributed by atoms with Crippen LogP contribution in [-0.4, -0.2) is 45.0 Å². The van der Waals surface area contributed by atoms with E-state index < -0.39 is 36.2 Å². The first-order valence-electron chi connectivity index (χ1n) is 8.22. The van der Waals surface area contributed by atoms with Crippen molar-refractivity contribution in [2.45, 2.75) is 37.1 Å². The van der Waals surface area contributed by atoms with Crippen molar-refractivity contribution in [2.24, 2.45) is 5.73 Å². The maximum atomic E-state index is 12.8. The van der Waals surface area contributed by atoms with Crippen molar-refractivity contribution in [3.8, 4) is 0 Å². The number of ether oxygens (including phenoxy) is 1. The molecule has 2 heterocycles. The van der Waals surface area contributed by atoms with E-state index in [0.29, 0.717) is 18.3 Å². The van der Waals surface area contributed by atoms with Gasteiger partial charge in [0, 0.05) is 6.54 Å². The molecular formula is C17H19F3N4O3. The third-order valence-corrected chi connectivity index (χ3v) is 4.32. The van der Waals surface area contributed by atoms with Crippen molar-refractivity contribution in [2.75, 3.05) is 11.9 Å². The molecule has 7 nitrogen and oxygen atoms in total. The molecule has 0 unspecified atom stereocenters. The maximum Gasteiger partial charge on any atom is 0.434 e. The Morgan fingerprint density at radius 2 is 1.89 bits per heavy atom. The average molecular weight is 384 g/mol. The molecule has 1 aromatic heterocycles. The highest BCUT2D eigenvalue weighted by molar-refractivity contribution is 5.37. The van der Waals surface area contributed by atoms with Crippen LogP contribution in [0.15, 0.2) is 36.7 Å². The zero-order valence-electron chi connectivity index (χ0n) is 14.1. The smallest absolute Gasteiger partial charge is 0.388 e. The number of rotatable bonds is 4. The minimum Gasteiger partial charge on any atom is -0.388 e. The molecule has 3 rings (SSSR count). The van der Waals surface area contributed by atoms with Gasteiger partial charge in [-0.2, -0.15) is 13.2 Å². The van der Waals surface area contributed by atoms with Gasteiger partial charge in [0.1, 0.15) is 24.1 Å². The number of aliphatic hydroxyl groups is 2. The van der Waals surface area contributed by atoms with E-state index in [4.69, 9.17) is 10.5 Å². The van der Waals surface area contributed by atoms with E-state index >= 15 is 0 Å². The summed E-state index contributed by atoms with van der Waals surface area (Å²) >= 11 is 0. The Morgan fingerprint density at radius 1 is 1.19 bits per heavy atom. The average Bonchev–Trinajstić information content (AvgIpc) is 2.65. The monoisotopic (exact) mass is 384 g/mol. The first kappa shape index (κ1) is 19.5. The van der Waals surface area contributed by atoms with Crippen LogP contribution in [0.2, 0.25) is 0 Å². The number of halogens is 3. The summed E-state index contributed by atoms with van der Waals surface area (Å²) in [4.78, 5) is 7.03. The van der Waals surface area contributed by atoms with Crippen LogP contribution in [0.4, 0.5) is 19.0 Å². The van der Waals surface area contributed by atoms with Crippen LogP contribution < -0.4 is 11.1 Å². The number of benzene rings is 1. The molecular weight excluding hydrogens is 365 g/mol. The van der Waals surface area contributed by atoms with Crippen molar-refractivity contribution in [3.63, 3.8) is 0 Å². The number of nitrogens with one attached hydrogen (secondary N) is 1. The summed E-state index contributed by atoms with van der Waals surface area (Å²) in [6.07, 6.45) is -6.13. The van der Waals surface area contributed by atoms with E-state index in [2.05, 4.69) is 15.3 Å². The molecule has 0 aliphatic carbocycles. The number of anilines is 1. The largest absolute Gasteiger partial charge is 0.434 e. The van der Waals surface area contributed by atoms with Gasteiger partial charge in [-0.15, -0.1) is 0 Å². The van der Waals surface area contributed by atoms with Crippen LogP contribution in [0.3, 0.4) is 0 Å². The van der Waals surface area contributed by atoms with E-state index in [9.17, 15) is 23.4 Å². The number of alkyl halides is 3. The molecule has 1 aliphatic rings. The molecule has 0 radical (unpaired) electrons. The number of aromatic nitrogens is 2. The van der Waals surface area contributed by atoms with E-state index in [1.807, 2.05) is 0 Å². The fourth-order valence-corrected chi connectivity index (χ4v) is 2.87. The topological polar surface area (TPSA) is 114 Å². The van der Waals surface area contributed by atoms with Crippen molar-refractivity contribution in [3.05, 3.63) is 53.5 Å². The van der Waals surface area contributed by atoms with Crippen LogP contribution in [-0.2, 0) is 17.5 Å². The predicted molar refractivity (Wildman–Crippen MR) is 89.5 cm³/mol. The molecule has 1 aliphatic heterocycles. The minimum absolute atomic E-state index is 0.114. The lowest BCUT2D eigenvalue weighted by Crippen LogP contribution is -2.52. The molecule has 1 fully saturated rings. The highest BCUT2D eigenvalue weighted by Crippen LogP contribution is 2.32. The van der Waals surface area contributed by atoms with Crippen LogP contribution in [0.25, 0.3) is 0 Å². The number of nitrogens with zero attached hydrogens (tertiary/aromatic N) is 2. The van der Waals surface area contributed by atoms with Gasteiger partial charge in [-0.25, -0.2) is 4.98 Å². The molecule has 5 N–H and O–H groups in total. The van der Waals surface area contributed by atoms with Crippen molar-refractivity contribution in [1.29, 1.82) is 0 Å². The quantitative estimate of drug-likeness (QED) is 0.627. The van der Waals surface area contributed by atoms with Crippen LogP contribution in [0.5, 0.6) is 0 Å². The molecule has 4 atom stereocenters. The van der Waals surface area contributed by atoms with Gasteiger partial charge in [0.25, 0.3) is 0 Å². The molecule has 0 spiro atoms. The van der Waals surface area contributed by atoms with Gasteiger partial charge in [0.15, 0.2) is 5.69 Å². The van der Waals surface area contributed by atoms with Gasteiger partial charge < -0.3 is 26.0 Å². The minimum atomic E-state index is -4.65. The number of aliphatic hydroxyl groups excluding tert-OH is 2. The summed E-state index contributed by atoms with van der Waals surface area (Å²) < 4.78 is 44.2. The van der Waals surface area contributed by atoms with Gasteiger partial charge in [-0.3, -0.25) is 4.98 Å². The molecule has 146 valence electrons. The van der Waals surface area contributed by atoms with Crippen molar-refractivity contribution < 1.29 is 28.1 Å². The summed E-state index contributed by atoms with van der Waals surface area (Å²) in [5.74, 6) is -0.185. The maximum absolute atomic E-state index is 12.8. The Hall–Kier alpha value is -2.27. The van der Waals surface area contributed by atoms with E-state index in [1.54, 1.807) is 24.3 Å². The molecule has 0 amide bonds. The number of hydrogen-bond acceptors (Lipinski definition) is 7. The Labute approximate surface area is 153 Å². The van der Waals surface area contributed by atoms with Gasteiger partial charge >= 0.3 is 6.18 Å².